The molecule has 0 N–H and O–H groups in total. The van der Waals surface area contributed by atoms with E-state index in [9.17, 15) is 57.1 Å². The van der Waals surface area contributed by atoms with E-state index >= 15 is 0 Å². The SMILES string of the molecule is C=COCC(F)(F)OC(F)(F)C(F)(F)OC(F)(F)C(F)(F)OC(F)(F)F. The highest BCUT2D eigenvalue weighted by molar-refractivity contribution is 4.76. The zero-order chi connectivity index (χ0) is 21.2. The largest absolute Gasteiger partial charge is 0.527 e. The smallest absolute Gasteiger partial charge is 0.493 e. The van der Waals surface area contributed by atoms with Gasteiger partial charge in [0.05, 0.1) is 6.26 Å². The molecule has 0 amide bonds. The summed E-state index contributed by atoms with van der Waals surface area (Å²) < 4.78 is 171. The van der Waals surface area contributed by atoms with Crippen molar-refractivity contribution in [3.05, 3.63) is 12.8 Å². The molecule has 0 heterocycles. The first-order valence-electron chi connectivity index (χ1n) is 5.47. The summed E-state index contributed by atoms with van der Waals surface area (Å²) in [5.74, 6) is 0. The lowest BCUT2D eigenvalue weighted by molar-refractivity contribution is -0.564. The first kappa shape index (κ1) is 24.5. The van der Waals surface area contributed by atoms with E-state index in [0.717, 1.165) is 0 Å². The van der Waals surface area contributed by atoms with Crippen LogP contribution in [0.4, 0.5) is 57.1 Å². The molecule has 0 aliphatic rings. The van der Waals surface area contributed by atoms with Gasteiger partial charge in [-0.1, -0.05) is 6.58 Å². The Morgan fingerprint density at radius 1 is 0.577 bits per heavy atom. The summed E-state index contributed by atoms with van der Waals surface area (Å²) in [4.78, 5) is 0. The van der Waals surface area contributed by atoms with E-state index in [-0.39, 0.29) is 6.26 Å². The molecular formula is C9H5F13O4. The number of rotatable bonds is 10. The van der Waals surface area contributed by atoms with Crippen LogP contribution in [0.15, 0.2) is 12.8 Å². The summed E-state index contributed by atoms with van der Waals surface area (Å²) in [6, 6.07) is 0. The fourth-order valence-corrected chi connectivity index (χ4v) is 0.917. The van der Waals surface area contributed by atoms with Crippen molar-refractivity contribution >= 4 is 0 Å². The second-order valence-electron chi connectivity index (χ2n) is 3.93. The van der Waals surface area contributed by atoms with Crippen molar-refractivity contribution in [3.63, 3.8) is 0 Å². The Balaban J connectivity index is 5.44. The maximum absolute atomic E-state index is 12.9. The predicted octanol–water partition coefficient (Wildman–Crippen LogP) is 4.68. The van der Waals surface area contributed by atoms with Crippen molar-refractivity contribution in [1.29, 1.82) is 0 Å². The van der Waals surface area contributed by atoms with E-state index in [1.807, 2.05) is 0 Å². The summed E-state index contributed by atoms with van der Waals surface area (Å²) in [6.07, 6.45) is -39.4. The van der Waals surface area contributed by atoms with E-state index in [4.69, 9.17) is 0 Å². The van der Waals surface area contributed by atoms with Gasteiger partial charge in [0.25, 0.3) is 0 Å². The number of alkyl halides is 13. The van der Waals surface area contributed by atoms with Gasteiger partial charge >= 0.3 is 36.9 Å². The molecule has 156 valence electrons. The summed E-state index contributed by atoms with van der Waals surface area (Å²) in [7, 11) is 0. The van der Waals surface area contributed by atoms with Crippen molar-refractivity contribution in [3.8, 4) is 0 Å². The minimum absolute atomic E-state index is 0.202. The van der Waals surface area contributed by atoms with E-state index in [1.165, 1.54) is 4.74 Å². The van der Waals surface area contributed by atoms with Gasteiger partial charge in [0, 0.05) is 0 Å². The number of halogens is 13. The molecule has 4 nitrogen and oxygen atoms in total. The van der Waals surface area contributed by atoms with Crippen molar-refractivity contribution in [2.24, 2.45) is 0 Å². The van der Waals surface area contributed by atoms with Crippen LogP contribution in [0.5, 0.6) is 0 Å². The first-order chi connectivity index (χ1) is 11.2. The van der Waals surface area contributed by atoms with Crippen LogP contribution in [0.3, 0.4) is 0 Å². The minimum Gasteiger partial charge on any atom is -0.493 e. The normalized spacial score (nSPS) is 15.1. The van der Waals surface area contributed by atoms with Gasteiger partial charge in [-0.05, 0) is 0 Å². The van der Waals surface area contributed by atoms with Crippen LogP contribution in [0.2, 0.25) is 0 Å². The van der Waals surface area contributed by atoms with Gasteiger partial charge < -0.3 is 4.74 Å². The molecule has 0 spiro atoms. The number of ether oxygens (including phenoxy) is 4. The van der Waals surface area contributed by atoms with Crippen LogP contribution in [-0.2, 0) is 18.9 Å². The van der Waals surface area contributed by atoms with Crippen LogP contribution in [0, 0.1) is 0 Å². The van der Waals surface area contributed by atoms with Crippen LogP contribution < -0.4 is 0 Å². The molecule has 0 saturated heterocycles. The summed E-state index contributed by atoms with van der Waals surface area (Å²) in [6.45, 7) is 0.451. The lowest BCUT2D eigenvalue weighted by Crippen LogP contribution is -2.57. The highest BCUT2D eigenvalue weighted by atomic mass is 19.4. The van der Waals surface area contributed by atoms with E-state index in [0.29, 0.717) is 0 Å². The summed E-state index contributed by atoms with van der Waals surface area (Å²) in [5.41, 5.74) is 0. The lowest BCUT2D eigenvalue weighted by atomic mass is 10.5. The van der Waals surface area contributed by atoms with Crippen molar-refractivity contribution in [2.75, 3.05) is 6.61 Å². The molecule has 0 unspecified atom stereocenters. The van der Waals surface area contributed by atoms with E-state index in [1.54, 1.807) is 4.74 Å². The Morgan fingerprint density at radius 2 is 0.923 bits per heavy atom. The quantitative estimate of drug-likeness (QED) is 0.377. The van der Waals surface area contributed by atoms with Gasteiger partial charge in [-0.2, -0.15) is 43.9 Å². The molecular weight excluding hydrogens is 419 g/mol. The topological polar surface area (TPSA) is 36.9 Å². The molecule has 0 saturated carbocycles. The Labute approximate surface area is 134 Å². The Morgan fingerprint density at radius 3 is 1.27 bits per heavy atom. The lowest BCUT2D eigenvalue weighted by Gasteiger charge is -2.33. The summed E-state index contributed by atoms with van der Waals surface area (Å²) in [5, 5.41) is 0. The highest BCUT2D eigenvalue weighted by Gasteiger charge is 2.74. The molecule has 17 heteroatoms. The van der Waals surface area contributed by atoms with Crippen molar-refractivity contribution in [2.45, 2.75) is 36.9 Å². The van der Waals surface area contributed by atoms with Crippen LogP contribution in [0.25, 0.3) is 0 Å². The number of hydrogen-bond acceptors (Lipinski definition) is 4. The molecule has 0 aliphatic carbocycles. The third kappa shape index (κ3) is 6.67. The molecule has 0 aromatic carbocycles. The third-order valence-corrected chi connectivity index (χ3v) is 1.82. The molecule has 0 aromatic heterocycles. The van der Waals surface area contributed by atoms with Crippen molar-refractivity contribution < 1.29 is 76.0 Å². The monoisotopic (exact) mass is 424 g/mol. The fraction of sp³-hybridized carbons (Fsp3) is 0.778. The molecule has 0 bridgehead atoms. The maximum Gasteiger partial charge on any atom is 0.527 e. The van der Waals surface area contributed by atoms with Crippen LogP contribution >= 0.6 is 0 Å². The zero-order valence-electron chi connectivity index (χ0n) is 11.5. The molecule has 0 fully saturated rings. The maximum atomic E-state index is 12.9. The molecule has 0 aliphatic heterocycles. The van der Waals surface area contributed by atoms with Crippen molar-refractivity contribution in [1.82, 2.24) is 0 Å². The average molecular weight is 424 g/mol. The van der Waals surface area contributed by atoms with E-state index < -0.39 is 43.5 Å². The third-order valence-electron chi connectivity index (χ3n) is 1.82. The number of hydrogen-bond donors (Lipinski definition) is 0. The standard InChI is InChI=1S/C9H5F13O4/c1-2-23-3-4(10,11)24-5(12,13)6(14,15)25-7(16,17)8(18,19)26-9(20,21)22/h2H,1,3H2. The van der Waals surface area contributed by atoms with Crippen LogP contribution in [0.1, 0.15) is 0 Å². The molecule has 0 radical (unpaired) electrons. The average Bonchev–Trinajstić information content (AvgIpc) is 2.30. The Bertz CT molecular complexity index is 486. The van der Waals surface area contributed by atoms with Gasteiger partial charge in [0.15, 0.2) is 6.61 Å². The van der Waals surface area contributed by atoms with Crippen LogP contribution in [-0.4, -0.2) is 43.5 Å². The van der Waals surface area contributed by atoms with Gasteiger partial charge in [-0.3, -0.25) is 0 Å². The zero-order valence-corrected chi connectivity index (χ0v) is 11.5. The fourth-order valence-electron chi connectivity index (χ4n) is 0.917. The Kier molecular flexibility index (Phi) is 6.84. The summed E-state index contributed by atoms with van der Waals surface area (Å²) >= 11 is 0. The second-order valence-corrected chi connectivity index (χ2v) is 3.93. The predicted molar refractivity (Wildman–Crippen MR) is 50.2 cm³/mol. The highest BCUT2D eigenvalue weighted by Crippen LogP contribution is 2.48. The second kappa shape index (κ2) is 7.26. The minimum atomic E-state index is -7.06. The molecule has 0 atom stereocenters. The molecule has 26 heavy (non-hydrogen) atoms. The molecule has 0 rings (SSSR count). The Hall–Kier alpha value is -1.49. The molecule has 0 aromatic rings. The van der Waals surface area contributed by atoms with Gasteiger partial charge in [-0.25, -0.2) is 14.2 Å². The van der Waals surface area contributed by atoms with Gasteiger partial charge in [0.2, 0.25) is 0 Å². The van der Waals surface area contributed by atoms with E-state index in [2.05, 4.69) is 16.1 Å². The van der Waals surface area contributed by atoms with Gasteiger partial charge in [0.1, 0.15) is 0 Å². The first-order valence-corrected chi connectivity index (χ1v) is 5.47. The van der Waals surface area contributed by atoms with Gasteiger partial charge in [-0.15, -0.1) is 13.2 Å².